The van der Waals surface area contributed by atoms with Crippen LogP contribution in [0.1, 0.15) is 55.1 Å². The third-order valence-corrected chi connectivity index (χ3v) is 7.09. The highest BCUT2D eigenvalue weighted by Crippen LogP contribution is 2.46. The second-order valence-corrected chi connectivity index (χ2v) is 9.42. The molecule has 1 unspecified atom stereocenters. The summed E-state index contributed by atoms with van der Waals surface area (Å²) in [4.78, 5) is 17.5. The molecular weight excluding hydrogens is 450 g/mol. The summed E-state index contributed by atoms with van der Waals surface area (Å²) in [6, 6.07) is 14.4. The molecular formula is C29H33N5O2. The summed E-state index contributed by atoms with van der Waals surface area (Å²) in [6.07, 6.45) is 9.13. The summed E-state index contributed by atoms with van der Waals surface area (Å²) < 4.78 is 11.2. The Kier molecular flexibility index (Phi) is 6.63. The van der Waals surface area contributed by atoms with Gasteiger partial charge in [0.25, 0.3) is 0 Å². The van der Waals surface area contributed by atoms with Gasteiger partial charge in [0.2, 0.25) is 5.95 Å². The van der Waals surface area contributed by atoms with Gasteiger partial charge in [-0.25, -0.2) is 15.0 Å². The molecule has 0 radical (unpaired) electrons. The average molecular weight is 484 g/mol. The fourth-order valence-corrected chi connectivity index (χ4v) is 5.43. The molecule has 1 aliphatic carbocycles. The van der Waals surface area contributed by atoms with E-state index < -0.39 is 0 Å². The maximum Gasteiger partial charge on any atom is 0.227 e. The molecule has 0 saturated carbocycles. The number of rotatable bonds is 8. The van der Waals surface area contributed by atoms with E-state index in [0.717, 1.165) is 72.1 Å². The second-order valence-electron chi connectivity index (χ2n) is 9.42. The van der Waals surface area contributed by atoms with Crippen molar-refractivity contribution in [1.29, 1.82) is 0 Å². The lowest BCUT2D eigenvalue weighted by atomic mass is 9.66. The molecule has 1 aliphatic rings. The predicted octanol–water partition coefficient (Wildman–Crippen LogP) is 6.36. The Morgan fingerprint density at radius 1 is 1.08 bits per heavy atom. The lowest BCUT2D eigenvalue weighted by molar-refractivity contribution is 0.376. The topological polar surface area (TPSA) is 85.0 Å². The van der Waals surface area contributed by atoms with Gasteiger partial charge in [0.05, 0.1) is 31.2 Å². The third-order valence-electron chi connectivity index (χ3n) is 7.09. The zero-order valence-electron chi connectivity index (χ0n) is 21.4. The number of hydrogen-bond acceptors (Lipinski definition) is 6. The second kappa shape index (κ2) is 10.0. The third kappa shape index (κ3) is 4.41. The summed E-state index contributed by atoms with van der Waals surface area (Å²) in [5.74, 6) is 2.97. The van der Waals surface area contributed by atoms with Crippen molar-refractivity contribution in [3.05, 3.63) is 77.4 Å². The first-order chi connectivity index (χ1) is 17.6. The SMILES string of the molecule is CCCC1(c2cccc(OC)c2)CCCc2cnc(Nc3ccc(-c4nc(C)c[nH]4)c(OC)c3)nc21. The summed E-state index contributed by atoms with van der Waals surface area (Å²) >= 11 is 0. The van der Waals surface area contributed by atoms with Crippen LogP contribution < -0.4 is 14.8 Å². The van der Waals surface area contributed by atoms with Crippen LogP contribution in [0.2, 0.25) is 0 Å². The minimum atomic E-state index is -0.158. The van der Waals surface area contributed by atoms with Gasteiger partial charge in [-0.15, -0.1) is 0 Å². The van der Waals surface area contributed by atoms with E-state index in [0.29, 0.717) is 5.95 Å². The van der Waals surface area contributed by atoms with Gasteiger partial charge in [-0.3, -0.25) is 0 Å². The molecule has 2 heterocycles. The normalized spacial score (nSPS) is 16.9. The molecule has 0 fully saturated rings. The van der Waals surface area contributed by atoms with Crippen LogP contribution in [0.25, 0.3) is 11.4 Å². The van der Waals surface area contributed by atoms with E-state index >= 15 is 0 Å². The van der Waals surface area contributed by atoms with E-state index in [1.165, 1.54) is 11.1 Å². The number of anilines is 2. The smallest absolute Gasteiger partial charge is 0.227 e. The number of imidazole rings is 1. The molecule has 0 spiro atoms. The molecule has 186 valence electrons. The Morgan fingerprint density at radius 3 is 2.72 bits per heavy atom. The Bertz CT molecular complexity index is 1370. The Balaban J connectivity index is 1.52. The van der Waals surface area contributed by atoms with Crippen molar-refractivity contribution in [3.63, 3.8) is 0 Å². The number of methoxy groups -OCH3 is 2. The van der Waals surface area contributed by atoms with Crippen molar-refractivity contribution in [1.82, 2.24) is 19.9 Å². The molecule has 2 aromatic carbocycles. The Labute approximate surface area is 212 Å². The molecule has 2 aromatic heterocycles. The molecule has 0 bridgehead atoms. The lowest BCUT2D eigenvalue weighted by Gasteiger charge is -2.39. The molecule has 2 N–H and O–H groups in total. The van der Waals surface area contributed by atoms with Gasteiger partial charge >= 0.3 is 0 Å². The molecule has 36 heavy (non-hydrogen) atoms. The van der Waals surface area contributed by atoms with Crippen LogP contribution in [0.3, 0.4) is 0 Å². The number of aromatic nitrogens is 4. The number of benzene rings is 2. The highest BCUT2D eigenvalue weighted by Gasteiger charge is 2.39. The van der Waals surface area contributed by atoms with E-state index in [2.05, 4.69) is 45.4 Å². The first-order valence-electron chi connectivity index (χ1n) is 12.5. The maximum atomic E-state index is 5.67. The van der Waals surface area contributed by atoms with Crippen LogP contribution >= 0.6 is 0 Å². The molecule has 1 atom stereocenters. The van der Waals surface area contributed by atoms with Gasteiger partial charge in [-0.2, -0.15) is 0 Å². The van der Waals surface area contributed by atoms with Crippen LogP contribution in [0.15, 0.2) is 54.9 Å². The van der Waals surface area contributed by atoms with Crippen molar-refractivity contribution in [2.45, 2.75) is 51.4 Å². The fraction of sp³-hybridized carbons (Fsp3) is 0.345. The highest BCUT2D eigenvalue weighted by molar-refractivity contribution is 5.70. The fourth-order valence-electron chi connectivity index (χ4n) is 5.43. The van der Waals surface area contributed by atoms with Crippen molar-refractivity contribution in [3.8, 4) is 22.9 Å². The van der Waals surface area contributed by atoms with E-state index in [4.69, 9.17) is 14.5 Å². The molecule has 5 rings (SSSR count). The summed E-state index contributed by atoms with van der Waals surface area (Å²) in [5, 5.41) is 3.41. The van der Waals surface area contributed by atoms with Crippen LogP contribution in [-0.4, -0.2) is 34.2 Å². The molecule has 0 saturated heterocycles. The minimum absolute atomic E-state index is 0.158. The number of aromatic amines is 1. The van der Waals surface area contributed by atoms with Crippen LogP contribution in [-0.2, 0) is 11.8 Å². The summed E-state index contributed by atoms with van der Waals surface area (Å²) in [6.45, 7) is 4.20. The number of nitrogens with one attached hydrogen (secondary N) is 2. The maximum absolute atomic E-state index is 5.67. The molecule has 0 aliphatic heterocycles. The number of aryl methyl sites for hydroxylation is 2. The van der Waals surface area contributed by atoms with Crippen molar-refractivity contribution in [2.75, 3.05) is 19.5 Å². The molecule has 4 aromatic rings. The van der Waals surface area contributed by atoms with Crippen molar-refractivity contribution >= 4 is 11.6 Å². The van der Waals surface area contributed by atoms with Gasteiger partial charge < -0.3 is 19.8 Å². The van der Waals surface area contributed by atoms with Gasteiger partial charge in [0.1, 0.15) is 17.3 Å². The van der Waals surface area contributed by atoms with Crippen LogP contribution in [0.4, 0.5) is 11.6 Å². The number of fused-ring (bicyclic) bond motifs is 1. The lowest BCUT2D eigenvalue weighted by Crippen LogP contribution is -2.34. The zero-order valence-corrected chi connectivity index (χ0v) is 21.4. The summed E-state index contributed by atoms with van der Waals surface area (Å²) in [7, 11) is 3.39. The van der Waals surface area contributed by atoms with E-state index in [9.17, 15) is 0 Å². The molecule has 7 heteroatoms. The minimum Gasteiger partial charge on any atom is -0.497 e. The van der Waals surface area contributed by atoms with Gasteiger partial charge in [0, 0.05) is 29.6 Å². The van der Waals surface area contributed by atoms with Crippen LogP contribution in [0.5, 0.6) is 11.5 Å². The van der Waals surface area contributed by atoms with E-state index in [-0.39, 0.29) is 5.41 Å². The number of hydrogen-bond donors (Lipinski definition) is 2. The summed E-state index contributed by atoms with van der Waals surface area (Å²) in [5.41, 5.74) is 6.15. The highest BCUT2D eigenvalue weighted by atomic mass is 16.5. The van der Waals surface area contributed by atoms with Gasteiger partial charge in [0.15, 0.2) is 0 Å². The van der Waals surface area contributed by atoms with Gasteiger partial charge in [-0.05, 0) is 68.0 Å². The van der Waals surface area contributed by atoms with Crippen molar-refractivity contribution in [2.24, 2.45) is 0 Å². The molecule has 0 amide bonds. The van der Waals surface area contributed by atoms with E-state index in [1.807, 2.05) is 43.6 Å². The quantitative estimate of drug-likeness (QED) is 0.303. The van der Waals surface area contributed by atoms with Crippen molar-refractivity contribution < 1.29 is 9.47 Å². The predicted molar refractivity (Wildman–Crippen MR) is 142 cm³/mol. The Hall–Kier alpha value is -3.87. The zero-order chi connectivity index (χ0) is 25.1. The van der Waals surface area contributed by atoms with Gasteiger partial charge in [-0.1, -0.05) is 25.5 Å². The van der Waals surface area contributed by atoms with E-state index in [1.54, 1.807) is 14.2 Å². The number of nitrogens with zero attached hydrogens (tertiary/aromatic N) is 3. The largest absolute Gasteiger partial charge is 0.497 e. The average Bonchev–Trinajstić information content (AvgIpc) is 3.35. The monoisotopic (exact) mass is 483 g/mol. The number of ether oxygens (including phenoxy) is 2. The van der Waals surface area contributed by atoms with Crippen LogP contribution in [0, 0.1) is 6.92 Å². The first-order valence-corrected chi connectivity index (χ1v) is 12.5. The molecule has 7 nitrogen and oxygen atoms in total. The number of H-pyrrole nitrogens is 1. The standard InChI is InChI=1S/C29H33N5O2/c1-5-13-29(21-9-6-10-23(15-21)35-3)14-7-8-20-18-31-28(34-26(20)29)33-22-11-12-24(25(16-22)36-4)27-30-17-19(2)32-27/h6,9-12,15-18H,5,7-8,13-14H2,1-4H3,(H,30,32)(H,31,33,34). The first kappa shape index (κ1) is 23.9. The Morgan fingerprint density at radius 2 is 1.97 bits per heavy atom.